The number of nitrogens with one attached hydrogen (secondary N) is 2. The van der Waals surface area contributed by atoms with Gasteiger partial charge in [-0.1, -0.05) is 54.2 Å². The van der Waals surface area contributed by atoms with Crippen LogP contribution in [0.15, 0.2) is 82.0 Å². The Morgan fingerprint density at radius 2 is 1.92 bits per heavy atom. The molecule has 1 heterocycles. The van der Waals surface area contributed by atoms with Crippen molar-refractivity contribution in [3.05, 3.63) is 83.1 Å². The second-order valence-electron chi connectivity index (χ2n) is 7.99. The number of halogens is 1. The summed E-state index contributed by atoms with van der Waals surface area (Å²) in [5.41, 5.74) is 4.24. The van der Waals surface area contributed by atoms with Crippen LogP contribution in [0.4, 0.5) is 5.69 Å². The van der Waals surface area contributed by atoms with Crippen LogP contribution in [0.25, 0.3) is 10.8 Å². The summed E-state index contributed by atoms with van der Waals surface area (Å²) in [4.78, 5) is 12.4. The van der Waals surface area contributed by atoms with Gasteiger partial charge in [0.1, 0.15) is 11.5 Å². The number of benzene rings is 3. The van der Waals surface area contributed by atoms with Crippen LogP contribution in [0.2, 0.25) is 0 Å². The fraction of sp³-hybridized carbons (Fsp3) is 0.185. The number of fused-ring (bicyclic) bond motifs is 1. The zero-order valence-corrected chi connectivity index (χ0v) is 23.4. The molecule has 0 spiro atoms. The van der Waals surface area contributed by atoms with Crippen molar-refractivity contribution in [2.45, 2.75) is 18.2 Å². The molecule has 2 N–H and O–H groups in total. The lowest BCUT2D eigenvalue weighted by atomic mass is 10.1. The molecule has 4 aromatic rings. The largest absolute Gasteiger partial charge is 0.496 e. The molecule has 196 valence electrons. The number of ether oxygens (including phenoxy) is 2. The average molecular weight is 596 g/mol. The predicted molar refractivity (Wildman–Crippen MR) is 155 cm³/mol. The van der Waals surface area contributed by atoms with E-state index in [2.05, 4.69) is 66.7 Å². The molecular weight excluding hydrogens is 568 g/mol. The van der Waals surface area contributed by atoms with Gasteiger partial charge in [-0.05, 0) is 33.4 Å². The number of amides is 1. The SMILES string of the molecule is C=CCn1c(CNc2cccc3ccccc23)nnc1SCC(=O)NN=Cc1cc(Br)c(OC)cc1OC. The Labute approximate surface area is 233 Å². The molecule has 11 heteroatoms. The molecule has 1 aromatic heterocycles. The van der Waals surface area contributed by atoms with Crippen molar-refractivity contribution in [1.82, 2.24) is 20.2 Å². The summed E-state index contributed by atoms with van der Waals surface area (Å²) in [6.07, 6.45) is 3.29. The first-order chi connectivity index (χ1) is 18.5. The van der Waals surface area contributed by atoms with E-state index in [-0.39, 0.29) is 11.7 Å². The first kappa shape index (κ1) is 27.2. The van der Waals surface area contributed by atoms with E-state index in [1.807, 2.05) is 28.8 Å². The number of rotatable bonds is 12. The molecule has 0 saturated carbocycles. The van der Waals surface area contributed by atoms with Gasteiger partial charge in [0, 0.05) is 29.2 Å². The van der Waals surface area contributed by atoms with Crippen LogP contribution in [-0.4, -0.2) is 46.9 Å². The van der Waals surface area contributed by atoms with E-state index >= 15 is 0 Å². The maximum Gasteiger partial charge on any atom is 0.250 e. The van der Waals surface area contributed by atoms with Crippen molar-refractivity contribution in [3.63, 3.8) is 0 Å². The van der Waals surface area contributed by atoms with Crippen molar-refractivity contribution in [1.29, 1.82) is 0 Å². The number of hydrogen-bond donors (Lipinski definition) is 2. The van der Waals surface area contributed by atoms with Crippen LogP contribution < -0.4 is 20.2 Å². The maximum absolute atomic E-state index is 12.4. The number of anilines is 1. The Hall–Kier alpha value is -3.83. The van der Waals surface area contributed by atoms with Crippen molar-refractivity contribution in [2.75, 3.05) is 25.3 Å². The first-order valence-corrected chi connectivity index (χ1v) is 13.4. The van der Waals surface area contributed by atoms with Gasteiger partial charge in [-0.2, -0.15) is 5.10 Å². The van der Waals surface area contributed by atoms with E-state index in [1.165, 1.54) is 18.0 Å². The molecule has 9 nitrogen and oxygen atoms in total. The molecule has 0 unspecified atom stereocenters. The van der Waals surface area contributed by atoms with Gasteiger partial charge >= 0.3 is 0 Å². The number of thioether (sulfide) groups is 1. The second kappa shape index (κ2) is 13.1. The number of carbonyl (C=O) groups is 1. The summed E-state index contributed by atoms with van der Waals surface area (Å²) in [6.45, 7) is 4.85. The van der Waals surface area contributed by atoms with E-state index in [9.17, 15) is 4.79 Å². The number of nitrogens with zero attached hydrogens (tertiary/aromatic N) is 4. The van der Waals surface area contributed by atoms with Gasteiger partial charge in [-0.3, -0.25) is 4.79 Å². The number of allylic oxidation sites excluding steroid dienone is 1. The van der Waals surface area contributed by atoms with Crippen LogP contribution in [0.3, 0.4) is 0 Å². The Kier molecular flexibility index (Phi) is 9.39. The number of hydrogen-bond acceptors (Lipinski definition) is 8. The Morgan fingerprint density at radius 1 is 1.13 bits per heavy atom. The highest BCUT2D eigenvalue weighted by Gasteiger charge is 2.14. The molecule has 0 atom stereocenters. The lowest BCUT2D eigenvalue weighted by Gasteiger charge is -2.11. The molecule has 0 aliphatic heterocycles. The van der Waals surface area contributed by atoms with E-state index in [0.29, 0.717) is 35.3 Å². The molecule has 0 aliphatic rings. The lowest BCUT2D eigenvalue weighted by Crippen LogP contribution is -2.20. The molecule has 4 rings (SSSR count). The average Bonchev–Trinajstić information content (AvgIpc) is 3.32. The topological polar surface area (TPSA) is 103 Å². The third-order valence-electron chi connectivity index (χ3n) is 5.56. The summed E-state index contributed by atoms with van der Waals surface area (Å²) in [6, 6.07) is 17.9. The fourth-order valence-electron chi connectivity index (χ4n) is 3.74. The molecule has 1 amide bonds. The smallest absolute Gasteiger partial charge is 0.250 e. The highest BCUT2D eigenvalue weighted by Crippen LogP contribution is 2.32. The summed E-state index contributed by atoms with van der Waals surface area (Å²) in [5, 5.41) is 19.1. The predicted octanol–water partition coefficient (Wildman–Crippen LogP) is 5.25. The van der Waals surface area contributed by atoms with Crippen LogP contribution in [0.1, 0.15) is 11.4 Å². The van der Waals surface area contributed by atoms with Crippen molar-refractivity contribution in [2.24, 2.45) is 5.10 Å². The van der Waals surface area contributed by atoms with Crippen LogP contribution >= 0.6 is 27.7 Å². The van der Waals surface area contributed by atoms with Crippen molar-refractivity contribution >= 4 is 56.3 Å². The Morgan fingerprint density at radius 3 is 2.71 bits per heavy atom. The first-order valence-electron chi connectivity index (χ1n) is 11.6. The van der Waals surface area contributed by atoms with Crippen LogP contribution in [-0.2, 0) is 17.9 Å². The van der Waals surface area contributed by atoms with Gasteiger partial charge in [0.2, 0.25) is 0 Å². The second-order valence-corrected chi connectivity index (χ2v) is 9.79. The molecule has 38 heavy (non-hydrogen) atoms. The van der Waals surface area contributed by atoms with Gasteiger partial charge in [0.25, 0.3) is 5.91 Å². The normalized spacial score (nSPS) is 11.0. The minimum absolute atomic E-state index is 0.118. The van der Waals surface area contributed by atoms with Gasteiger partial charge in [-0.25, -0.2) is 5.43 Å². The third-order valence-corrected chi connectivity index (χ3v) is 7.15. The van der Waals surface area contributed by atoms with Crippen LogP contribution in [0, 0.1) is 0 Å². The van der Waals surface area contributed by atoms with Crippen molar-refractivity contribution < 1.29 is 14.3 Å². The van der Waals surface area contributed by atoms with E-state index in [4.69, 9.17) is 9.47 Å². The molecule has 3 aromatic carbocycles. The molecule has 0 aliphatic carbocycles. The molecule has 0 radical (unpaired) electrons. The highest BCUT2D eigenvalue weighted by atomic mass is 79.9. The minimum atomic E-state index is -0.277. The maximum atomic E-state index is 12.4. The van der Waals surface area contributed by atoms with E-state index < -0.39 is 0 Å². The van der Waals surface area contributed by atoms with E-state index in [1.54, 1.807) is 32.4 Å². The summed E-state index contributed by atoms with van der Waals surface area (Å²) in [5.74, 6) is 1.79. The molecule has 0 bridgehead atoms. The summed E-state index contributed by atoms with van der Waals surface area (Å²) < 4.78 is 13.3. The fourth-order valence-corrected chi connectivity index (χ4v) is 5.03. The molecule has 0 fully saturated rings. The minimum Gasteiger partial charge on any atom is -0.496 e. The summed E-state index contributed by atoms with van der Waals surface area (Å²) >= 11 is 4.72. The van der Waals surface area contributed by atoms with Gasteiger partial charge in [-0.15, -0.1) is 16.8 Å². The number of hydrazone groups is 1. The van der Waals surface area contributed by atoms with E-state index in [0.717, 1.165) is 26.8 Å². The third kappa shape index (κ3) is 6.53. The Bertz CT molecular complexity index is 1470. The Balaban J connectivity index is 1.37. The number of carbonyl (C=O) groups excluding carboxylic acids is 1. The standard InChI is InChI=1S/C27H27BrN6O3S/c1-4-12-34-25(16-29-22-11-7-9-18-8-5-6-10-20(18)22)31-33-27(34)38-17-26(35)32-30-15-19-13-21(28)24(37-3)14-23(19)36-2/h4-11,13-15,29H,1,12,16-17H2,2-3H3,(H,32,35). The van der Waals surface area contributed by atoms with Gasteiger partial charge in [0.05, 0.1) is 37.2 Å². The van der Waals surface area contributed by atoms with Gasteiger partial charge < -0.3 is 19.4 Å². The lowest BCUT2D eigenvalue weighted by molar-refractivity contribution is -0.118. The van der Waals surface area contributed by atoms with Crippen LogP contribution in [0.5, 0.6) is 11.5 Å². The zero-order chi connectivity index (χ0) is 26.9. The quantitative estimate of drug-likeness (QED) is 0.0999. The summed E-state index contributed by atoms with van der Waals surface area (Å²) in [7, 11) is 3.13. The number of methoxy groups -OCH3 is 2. The monoisotopic (exact) mass is 594 g/mol. The molecular formula is C27H27BrN6O3S. The number of aromatic nitrogens is 3. The van der Waals surface area contributed by atoms with Crippen molar-refractivity contribution in [3.8, 4) is 11.5 Å². The zero-order valence-electron chi connectivity index (χ0n) is 21.0. The molecule has 0 saturated heterocycles. The highest BCUT2D eigenvalue weighted by molar-refractivity contribution is 9.10. The van der Waals surface area contributed by atoms with Gasteiger partial charge in [0.15, 0.2) is 11.0 Å².